The second-order valence-electron chi connectivity index (χ2n) is 6.86. The van der Waals surface area contributed by atoms with E-state index in [1.807, 2.05) is 0 Å². The van der Waals surface area contributed by atoms with E-state index in [4.69, 9.17) is 18.9 Å². The summed E-state index contributed by atoms with van der Waals surface area (Å²) >= 11 is 0. The van der Waals surface area contributed by atoms with Gasteiger partial charge < -0.3 is 23.5 Å². The van der Waals surface area contributed by atoms with Crippen LogP contribution in [0.15, 0.2) is 0 Å². The van der Waals surface area contributed by atoms with E-state index < -0.39 is 10.4 Å². The molecule has 0 fully saturated rings. The summed E-state index contributed by atoms with van der Waals surface area (Å²) in [5, 5.41) is 0. The van der Waals surface area contributed by atoms with Crippen LogP contribution in [0.3, 0.4) is 0 Å². The minimum Gasteiger partial charge on any atom is -0.726 e. The van der Waals surface area contributed by atoms with Gasteiger partial charge in [0.15, 0.2) is 0 Å². The van der Waals surface area contributed by atoms with Crippen molar-refractivity contribution in [2.24, 2.45) is 0 Å². The van der Waals surface area contributed by atoms with Crippen molar-refractivity contribution in [2.75, 3.05) is 59.5 Å². The maximum absolute atomic E-state index is 10.2. The summed E-state index contributed by atoms with van der Waals surface area (Å²) in [7, 11) is -4.59. The Balaban J connectivity index is 0. The quantitative estimate of drug-likeness (QED) is 0.0878. The molecule has 0 amide bonds. The summed E-state index contributed by atoms with van der Waals surface area (Å²) in [6.07, 6.45) is 10.6. The van der Waals surface area contributed by atoms with Crippen molar-refractivity contribution >= 4 is 10.4 Å². The van der Waals surface area contributed by atoms with E-state index in [1.165, 1.54) is 32.1 Å². The van der Waals surface area contributed by atoms with Crippen molar-refractivity contribution in [3.8, 4) is 0 Å². The Hall–Kier alpha value is 0.710. The summed E-state index contributed by atoms with van der Waals surface area (Å²) in [4.78, 5) is 0. The van der Waals surface area contributed by atoms with Gasteiger partial charge in [-0.1, -0.05) is 39.0 Å². The van der Waals surface area contributed by atoms with Gasteiger partial charge in [0.05, 0.1) is 6.61 Å². The van der Waals surface area contributed by atoms with Gasteiger partial charge in [0.25, 0.3) is 0 Å². The van der Waals surface area contributed by atoms with Crippen LogP contribution in [0.1, 0.15) is 71.1 Å². The minimum absolute atomic E-state index is 0. The molecule has 30 heavy (non-hydrogen) atoms. The van der Waals surface area contributed by atoms with Gasteiger partial charge >= 0.3 is 29.6 Å². The molecule has 0 N–H and O–H groups in total. The molecule has 0 saturated carbocycles. The summed E-state index contributed by atoms with van der Waals surface area (Å²) in [6.45, 7) is 7.28. The van der Waals surface area contributed by atoms with Crippen LogP contribution in [-0.2, 0) is 33.5 Å². The van der Waals surface area contributed by atoms with Crippen LogP contribution in [0.4, 0.5) is 0 Å². The molecule has 0 bridgehead atoms. The first-order valence-electron chi connectivity index (χ1n) is 11.0. The topological polar surface area (TPSA) is 103 Å². The molecule has 0 unspecified atom stereocenters. The van der Waals surface area contributed by atoms with Gasteiger partial charge in [0.1, 0.15) is 0 Å². The fourth-order valence-corrected chi connectivity index (χ4v) is 2.83. The Morgan fingerprint density at radius 3 is 1.27 bits per heavy atom. The molecule has 8 nitrogen and oxygen atoms in total. The molecule has 0 rings (SSSR count). The molecule has 176 valence electrons. The molecule has 0 aliphatic heterocycles. The number of hydrogen-bond acceptors (Lipinski definition) is 8. The molecule has 0 radical (unpaired) electrons. The number of unbranched alkanes of at least 4 members (excludes halogenated alkanes) is 5. The molecule has 0 aromatic heterocycles. The second kappa shape index (κ2) is 26.0. The van der Waals surface area contributed by atoms with E-state index in [2.05, 4.69) is 11.1 Å². The minimum atomic E-state index is -4.59. The Morgan fingerprint density at radius 2 is 0.867 bits per heavy atom. The van der Waals surface area contributed by atoms with Crippen LogP contribution in [-0.4, -0.2) is 72.4 Å². The van der Waals surface area contributed by atoms with Gasteiger partial charge in [-0.15, -0.1) is 0 Å². The van der Waals surface area contributed by atoms with Crippen molar-refractivity contribution in [3.05, 3.63) is 0 Å². The average Bonchev–Trinajstić information content (AvgIpc) is 2.67. The molecule has 0 aromatic rings. The molecule has 0 saturated heterocycles. The molecule has 10 heteroatoms. The summed E-state index contributed by atoms with van der Waals surface area (Å²) < 4.78 is 56.6. The fourth-order valence-electron chi connectivity index (χ4n) is 2.50. The van der Waals surface area contributed by atoms with Crippen LogP contribution in [0.2, 0.25) is 0 Å². The zero-order valence-electron chi connectivity index (χ0n) is 19.1. The first-order chi connectivity index (χ1) is 14.1. The molecule has 0 heterocycles. The third-order valence-corrected chi connectivity index (χ3v) is 4.49. The van der Waals surface area contributed by atoms with Crippen molar-refractivity contribution in [2.45, 2.75) is 71.1 Å². The Kier molecular flexibility index (Phi) is 28.5. The maximum atomic E-state index is 10.2. The molecule has 0 atom stereocenters. The van der Waals surface area contributed by atoms with E-state index in [0.717, 1.165) is 45.5 Å². The van der Waals surface area contributed by atoms with E-state index >= 15 is 0 Å². The Bertz CT molecular complexity index is 423. The molecule has 0 aromatic carbocycles. The van der Waals surface area contributed by atoms with Crippen LogP contribution in [0, 0.1) is 0 Å². The van der Waals surface area contributed by atoms with E-state index in [-0.39, 0.29) is 36.2 Å². The Morgan fingerprint density at radius 1 is 0.533 bits per heavy atom. The molecular formula is C20H41NaO8S. The van der Waals surface area contributed by atoms with Gasteiger partial charge in [-0.25, -0.2) is 8.42 Å². The monoisotopic (exact) mass is 464 g/mol. The van der Waals surface area contributed by atoms with Gasteiger partial charge in [-0.2, -0.15) is 0 Å². The first-order valence-corrected chi connectivity index (χ1v) is 12.3. The van der Waals surface area contributed by atoms with Crippen molar-refractivity contribution in [3.63, 3.8) is 0 Å². The number of hydrogen-bond donors (Lipinski definition) is 0. The third kappa shape index (κ3) is 30.9. The average molecular weight is 465 g/mol. The SMILES string of the molecule is CCCCCCCCOCCCOCCCOCCCOCCCOS(=O)(=O)[O-].[Na+]. The van der Waals surface area contributed by atoms with Gasteiger partial charge in [0, 0.05) is 52.9 Å². The van der Waals surface area contributed by atoms with Gasteiger partial charge in [-0.05, 0) is 32.1 Å². The fraction of sp³-hybridized carbons (Fsp3) is 1.00. The van der Waals surface area contributed by atoms with Crippen LogP contribution >= 0.6 is 0 Å². The van der Waals surface area contributed by atoms with Crippen molar-refractivity contribution in [1.82, 2.24) is 0 Å². The third-order valence-electron chi connectivity index (χ3n) is 4.03. The van der Waals surface area contributed by atoms with Gasteiger partial charge in [-0.3, -0.25) is 4.18 Å². The van der Waals surface area contributed by atoms with Crippen molar-refractivity contribution in [1.29, 1.82) is 0 Å². The van der Waals surface area contributed by atoms with Gasteiger partial charge in [0.2, 0.25) is 10.4 Å². The summed E-state index contributed by atoms with van der Waals surface area (Å²) in [5.41, 5.74) is 0. The van der Waals surface area contributed by atoms with Crippen LogP contribution in [0.25, 0.3) is 0 Å². The zero-order chi connectivity index (χ0) is 21.5. The zero-order valence-corrected chi connectivity index (χ0v) is 21.9. The Labute approximate surface area is 205 Å². The standard InChI is InChI=1S/C20H42O8S.Na/c1-2-3-4-5-6-7-12-24-13-8-14-25-15-9-16-26-17-10-18-27-19-11-20-28-29(21,22)23;/h2-20H2,1H3,(H,21,22,23);/q;+1/p-1. The van der Waals surface area contributed by atoms with E-state index in [1.54, 1.807) is 0 Å². The normalized spacial score (nSPS) is 11.5. The molecule has 0 aliphatic carbocycles. The molecule has 0 aliphatic rings. The number of ether oxygens (including phenoxy) is 4. The van der Waals surface area contributed by atoms with Crippen LogP contribution in [0.5, 0.6) is 0 Å². The maximum Gasteiger partial charge on any atom is 1.00 e. The summed E-state index contributed by atoms with van der Waals surface area (Å²) in [6, 6.07) is 0. The van der Waals surface area contributed by atoms with Crippen molar-refractivity contribution < 1.29 is 65.7 Å². The van der Waals surface area contributed by atoms with E-state index in [9.17, 15) is 13.0 Å². The summed E-state index contributed by atoms with van der Waals surface area (Å²) in [5.74, 6) is 0. The second-order valence-corrected chi connectivity index (χ2v) is 7.91. The predicted molar refractivity (Wildman–Crippen MR) is 111 cm³/mol. The first kappa shape index (κ1) is 32.9. The van der Waals surface area contributed by atoms with E-state index in [0.29, 0.717) is 39.5 Å². The van der Waals surface area contributed by atoms with Crippen LogP contribution < -0.4 is 29.6 Å². The number of rotatable bonds is 24. The predicted octanol–water partition coefficient (Wildman–Crippen LogP) is 0.455. The molecular weight excluding hydrogens is 423 g/mol. The smallest absolute Gasteiger partial charge is 0.726 e. The molecule has 0 spiro atoms. The largest absolute Gasteiger partial charge is 1.00 e.